The van der Waals surface area contributed by atoms with Crippen molar-refractivity contribution in [2.45, 2.75) is 6.42 Å². The molecular weight excluding hydrogens is 251 g/mol. The van der Waals surface area contributed by atoms with Crippen LogP contribution in [0.25, 0.3) is 11.3 Å². The number of anilines is 1. The van der Waals surface area contributed by atoms with Crippen LogP contribution in [0.15, 0.2) is 28.8 Å². The van der Waals surface area contributed by atoms with Crippen molar-refractivity contribution in [1.82, 2.24) is 5.16 Å². The third-order valence-electron chi connectivity index (χ3n) is 3.15. The molecule has 2 aromatic rings. The second-order valence-electron chi connectivity index (χ2n) is 4.36. The molecule has 0 radical (unpaired) electrons. The van der Waals surface area contributed by atoms with Crippen molar-refractivity contribution in [1.29, 1.82) is 0 Å². The highest BCUT2D eigenvalue weighted by atomic mass is 19.1. The Kier molecular flexibility index (Phi) is 2.70. The van der Waals surface area contributed by atoms with E-state index in [1.54, 1.807) is 0 Å². The lowest BCUT2D eigenvalue weighted by Crippen LogP contribution is -2.37. The summed E-state index contributed by atoms with van der Waals surface area (Å²) in [6.07, 6.45) is 1.01. The topological polar surface area (TPSA) is 66.6 Å². The first kappa shape index (κ1) is 11.7. The van der Waals surface area contributed by atoms with Crippen LogP contribution in [0.4, 0.5) is 10.3 Å². The van der Waals surface area contributed by atoms with Crippen LogP contribution in [-0.2, 0) is 0 Å². The quantitative estimate of drug-likeness (QED) is 0.919. The standard InChI is InChI=1S/C13H11FN2O3/c14-9-4-2-8(3-5-9)11-10(13(17)18)12(19-15-11)16-6-1-7-16/h2-5H,1,6-7H2,(H,17,18). The smallest absolute Gasteiger partial charge is 0.343 e. The van der Waals surface area contributed by atoms with Gasteiger partial charge in [-0.1, -0.05) is 5.16 Å². The Balaban J connectivity index is 2.08. The van der Waals surface area contributed by atoms with Gasteiger partial charge in [0.2, 0.25) is 5.88 Å². The first-order chi connectivity index (χ1) is 9.16. The number of aromatic nitrogens is 1. The lowest BCUT2D eigenvalue weighted by atomic mass is 10.1. The molecule has 1 aromatic carbocycles. The molecule has 1 N–H and O–H groups in total. The molecule has 6 heteroatoms. The summed E-state index contributed by atoms with van der Waals surface area (Å²) in [6.45, 7) is 1.52. The van der Waals surface area contributed by atoms with Crippen LogP contribution in [-0.4, -0.2) is 29.3 Å². The van der Waals surface area contributed by atoms with Gasteiger partial charge in [-0.2, -0.15) is 0 Å². The van der Waals surface area contributed by atoms with Crippen LogP contribution < -0.4 is 4.90 Å². The second-order valence-corrected chi connectivity index (χ2v) is 4.36. The van der Waals surface area contributed by atoms with Gasteiger partial charge in [-0.15, -0.1) is 0 Å². The number of carboxylic acid groups (broad SMARTS) is 1. The molecule has 98 valence electrons. The molecule has 0 amide bonds. The number of aromatic carboxylic acids is 1. The van der Waals surface area contributed by atoms with Crippen LogP contribution in [0, 0.1) is 5.82 Å². The molecule has 0 aliphatic carbocycles. The number of nitrogens with zero attached hydrogens (tertiary/aromatic N) is 2. The van der Waals surface area contributed by atoms with E-state index in [2.05, 4.69) is 5.16 Å². The van der Waals surface area contributed by atoms with Crippen LogP contribution >= 0.6 is 0 Å². The highest BCUT2D eigenvalue weighted by Crippen LogP contribution is 2.33. The minimum absolute atomic E-state index is 0.0336. The van der Waals surface area contributed by atoms with E-state index in [-0.39, 0.29) is 23.0 Å². The monoisotopic (exact) mass is 262 g/mol. The maximum atomic E-state index is 12.9. The first-order valence-corrected chi connectivity index (χ1v) is 5.90. The number of benzene rings is 1. The molecule has 0 saturated carbocycles. The average molecular weight is 262 g/mol. The van der Waals surface area contributed by atoms with Gasteiger partial charge in [-0.25, -0.2) is 9.18 Å². The molecule has 0 unspecified atom stereocenters. The van der Waals surface area contributed by atoms with Gasteiger partial charge in [-0.05, 0) is 30.7 Å². The van der Waals surface area contributed by atoms with E-state index >= 15 is 0 Å². The Morgan fingerprint density at radius 3 is 2.53 bits per heavy atom. The van der Waals surface area contributed by atoms with Crippen molar-refractivity contribution >= 4 is 11.9 Å². The van der Waals surface area contributed by atoms with Gasteiger partial charge in [0, 0.05) is 18.7 Å². The molecule has 3 rings (SSSR count). The number of halogens is 1. The number of hydrogen-bond acceptors (Lipinski definition) is 4. The lowest BCUT2D eigenvalue weighted by Gasteiger charge is -2.30. The van der Waals surface area contributed by atoms with Crippen molar-refractivity contribution in [2.75, 3.05) is 18.0 Å². The summed E-state index contributed by atoms with van der Waals surface area (Å²) < 4.78 is 18.0. The minimum Gasteiger partial charge on any atom is -0.477 e. The molecule has 0 bridgehead atoms. The zero-order chi connectivity index (χ0) is 13.4. The SMILES string of the molecule is O=C(O)c1c(-c2ccc(F)cc2)noc1N1CCC1. The van der Waals surface area contributed by atoms with Gasteiger partial charge in [0.15, 0.2) is 5.56 Å². The number of rotatable bonds is 3. The Labute approximate surface area is 108 Å². The third kappa shape index (κ3) is 1.95. The highest BCUT2D eigenvalue weighted by molar-refractivity contribution is 5.99. The predicted octanol–water partition coefficient (Wildman–Crippen LogP) is 2.39. The van der Waals surface area contributed by atoms with E-state index in [4.69, 9.17) is 4.52 Å². The summed E-state index contributed by atoms with van der Waals surface area (Å²) >= 11 is 0. The van der Waals surface area contributed by atoms with E-state index in [0.29, 0.717) is 5.56 Å². The molecule has 1 aliphatic rings. The molecule has 1 aliphatic heterocycles. The first-order valence-electron chi connectivity index (χ1n) is 5.90. The summed E-state index contributed by atoms with van der Waals surface area (Å²) in [4.78, 5) is 13.2. The fourth-order valence-electron chi connectivity index (χ4n) is 2.01. The molecule has 2 heterocycles. The Bertz CT molecular complexity index is 617. The number of carbonyl (C=O) groups is 1. The molecular formula is C13H11FN2O3. The van der Waals surface area contributed by atoms with Gasteiger partial charge in [0.1, 0.15) is 11.5 Å². The van der Waals surface area contributed by atoms with E-state index < -0.39 is 5.97 Å². The van der Waals surface area contributed by atoms with Gasteiger partial charge in [0.25, 0.3) is 0 Å². The van der Waals surface area contributed by atoms with Crippen molar-refractivity contribution in [3.05, 3.63) is 35.6 Å². The predicted molar refractivity (Wildman–Crippen MR) is 65.7 cm³/mol. The van der Waals surface area contributed by atoms with Crippen molar-refractivity contribution < 1.29 is 18.8 Å². The Morgan fingerprint density at radius 1 is 1.32 bits per heavy atom. The fraction of sp³-hybridized carbons (Fsp3) is 0.231. The molecule has 1 saturated heterocycles. The van der Waals surface area contributed by atoms with Gasteiger partial charge in [-0.3, -0.25) is 0 Å². The summed E-state index contributed by atoms with van der Waals surface area (Å²) in [5.41, 5.74) is 0.787. The van der Waals surface area contributed by atoms with Gasteiger partial charge >= 0.3 is 5.97 Å². The molecule has 0 spiro atoms. The largest absolute Gasteiger partial charge is 0.477 e. The fourth-order valence-corrected chi connectivity index (χ4v) is 2.01. The number of carboxylic acids is 1. The highest BCUT2D eigenvalue weighted by Gasteiger charge is 2.30. The van der Waals surface area contributed by atoms with Crippen molar-refractivity contribution in [2.24, 2.45) is 0 Å². The molecule has 5 nitrogen and oxygen atoms in total. The van der Waals surface area contributed by atoms with Crippen LogP contribution in [0.2, 0.25) is 0 Å². The average Bonchev–Trinajstić information content (AvgIpc) is 2.72. The summed E-state index contributed by atoms with van der Waals surface area (Å²) in [6, 6.07) is 5.50. The number of hydrogen-bond donors (Lipinski definition) is 1. The van der Waals surface area contributed by atoms with Crippen LogP contribution in [0.1, 0.15) is 16.8 Å². The van der Waals surface area contributed by atoms with E-state index in [0.717, 1.165) is 19.5 Å². The lowest BCUT2D eigenvalue weighted by molar-refractivity contribution is 0.0697. The zero-order valence-corrected chi connectivity index (χ0v) is 9.97. The van der Waals surface area contributed by atoms with Gasteiger partial charge in [0.05, 0.1) is 0 Å². The second kappa shape index (κ2) is 4.38. The molecule has 1 aromatic heterocycles. The summed E-state index contributed by atoms with van der Waals surface area (Å²) in [5, 5.41) is 13.1. The molecule has 19 heavy (non-hydrogen) atoms. The maximum absolute atomic E-state index is 12.9. The van der Waals surface area contributed by atoms with E-state index in [9.17, 15) is 14.3 Å². The van der Waals surface area contributed by atoms with E-state index in [1.165, 1.54) is 24.3 Å². The minimum atomic E-state index is -1.09. The van der Waals surface area contributed by atoms with Crippen molar-refractivity contribution in [3.8, 4) is 11.3 Å². The summed E-state index contributed by atoms with van der Waals surface area (Å²) in [5.74, 6) is -1.20. The van der Waals surface area contributed by atoms with E-state index in [1.807, 2.05) is 4.90 Å². The summed E-state index contributed by atoms with van der Waals surface area (Å²) in [7, 11) is 0. The third-order valence-corrected chi connectivity index (χ3v) is 3.15. The normalized spacial score (nSPS) is 14.3. The Morgan fingerprint density at radius 2 is 2.00 bits per heavy atom. The Hall–Kier alpha value is -2.37. The van der Waals surface area contributed by atoms with Gasteiger partial charge < -0.3 is 14.5 Å². The molecule has 0 atom stereocenters. The zero-order valence-electron chi connectivity index (χ0n) is 9.97. The van der Waals surface area contributed by atoms with Crippen LogP contribution in [0.3, 0.4) is 0 Å². The maximum Gasteiger partial charge on any atom is 0.343 e. The van der Waals surface area contributed by atoms with Crippen LogP contribution in [0.5, 0.6) is 0 Å². The molecule has 1 fully saturated rings. The van der Waals surface area contributed by atoms with Crippen molar-refractivity contribution in [3.63, 3.8) is 0 Å².